The predicted octanol–water partition coefficient (Wildman–Crippen LogP) is 10.3. The van der Waals surface area contributed by atoms with E-state index in [1.54, 1.807) is 12.2 Å². The average molecular weight is 618 g/mol. The summed E-state index contributed by atoms with van der Waals surface area (Å²) in [6.45, 7) is 4.24. The molecular weight excluding hydrogens is 582 g/mol. The van der Waals surface area contributed by atoms with Gasteiger partial charge in [-0.15, -0.1) is 0 Å². The fourth-order valence-electron chi connectivity index (χ4n) is 5.11. The van der Waals surface area contributed by atoms with E-state index in [1.165, 1.54) is 11.1 Å². The van der Waals surface area contributed by atoms with Gasteiger partial charge in [0.25, 0.3) is 0 Å². The van der Waals surface area contributed by atoms with Gasteiger partial charge in [0, 0.05) is 29.2 Å². The zero-order valence-corrected chi connectivity index (χ0v) is 26.2. The second-order valence-electron chi connectivity index (χ2n) is 11.2. The Bertz CT molecular complexity index is 1840. The Balaban J connectivity index is 1.35. The second kappa shape index (κ2) is 15.2. The minimum atomic E-state index is -0.965. The summed E-state index contributed by atoms with van der Waals surface area (Å²) in [5.74, 6) is -1.93. The molecule has 0 amide bonds. The Kier molecular flexibility index (Phi) is 10.4. The zero-order valence-electron chi connectivity index (χ0n) is 26.2. The fourth-order valence-corrected chi connectivity index (χ4v) is 5.11. The summed E-state index contributed by atoms with van der Waals surface area (Å²) in [6, 6.07) is 38.9. The van der Waals surface area contributed by atoms with Crippen molar-refractivity contribution >= 4 is 65.5 Å². The smallest absolute Gasteiger partial charge is 0.328 e. The number of aliphatic carboxylic acids is 2. The molecule has 5 aromatic rings. The molecule has 0 heterocycles. The highest BCUT2D eigenvalue weighted by Gasteiger charge is 2.14. The maximum absolute atomic E-state index is 10.8. The molecule has 0 saturated heterocycles. The molecule has 5 rings (SSSR count). The van der Waals surface area contributed by atoms with Crippen molar-refractivity contribution in [2.24, 2.45) is 0 Å². The predicted molar refractivity (Wildman–Crippen MR) is 195 cm³/mol. The first-order valence-corrected chi connectivity index (χ1v) is 15.2. The third-order valence-corrected chi connectivity index (χ3v) is 7.54. The molecule has 0 aliphatic heterocycles. The molecule has 2 N–H and O–H groups in total. The van der Waals surface area contributed by atoms with Gasteiger partial charge < -0.3 is 15.1 Å². The minimum absolute atomic E-state index is 0.836. The third-order valence-electron chi connectivity index (χ3n) is 7.54. The summed E-state index contributed by atoms with van der Waals surface area (Å²) in [6.07, 6.45) is 13.6. The van der Waals surface area contributed by atoms with E-state index in [1.807, 2.05) is 60.7 Å². The van der Waals surface area contributed by atoms with Crippen molar-refractivity contribution in [2.45, 2.75) is 13.8 Å². The van der Waals surface area contributed by atoms with Gasteiger partial charge in [-0.1, -0.05) is 115 Å². The SMILES string of the molecule is Cc1ccc(N(c2ccc(/C=C/c3ccc(/C=C/C(=O)O)cc3)cc2)c2ccc(/C=C/c3ccc(/C=C/C(=O)O)cc3)cc2)c(C)c1. The van der Waals surface area contributed by atoms with Gasteiger partial charge >= 0.3 is 11.9 Å². The average Bonchev–Trinajstić information content (AvgIpc) is 3.07. The highest BCUT2D eigenvalue weighted by atomic mass is 16.4. The first-order chi connectivity index (χ1) is 22.7. The van der Waals surface area contributed by atoms with Crippen molar-refractivity contribution in [2.75, 3.05) is 4.90 Å². The van der Waals surface area contributed by atoms with Gasteiger partial charge in [-0.05, 0) is 95.3 Å². The maximum Gasteiger partial charge on any atom is 0.328 e. The van der Waals surface area contributed by atoms with Crippen LogP contribution in [0, 0.1) is 13.8 Å². The van der Waals surface area contributed by atoms with E-state index in [2.05, 4.69) is 97.6 Å². The lowest BCUT2D eigenvalue weighted by Gasteiger charge is -2.27. The summed E-state index contributed by atoms with van der Waals surface area (Å²) >= 11 is 0. The number of hydrogen-bond acceptors (Lipinski definition) is 3. The van der Waals surface area contributed by atoms with E-state index in [4.69, 9.17) is 10.2 Å². The molecule has 5 heteroatoms. The number of carboxylic acid groups (broad SMARTS) is 2. The standard InChI is InChI=1S/C42H35NO4/c1-30-3-26-40(31(2)29-30)43(38-22-16-36(17-23-38)14-8-32-4-10-34(11-5-32)20-27-41(44)45)39-24-18-37(19-25-39)15-9-33-6-12-35(13-7-33)21-28-42(46)47/h3-29H,1-2H3,(H,44,45)(H,46,47)/b14-8+,15-9+,27-20+,28-21+. The fraction of sp³-hybridized carbons (Fsp3) is 0.0476. The lowest BCUT2D eigenvalue weighted by atomic mass is 10.1. The monoisotopic (exact) mass is 617 g/mol. The Morgan fingerprint density at radius 2 is 0.787 bits per heavy atom. The molecular formula is C42H35NO4. The van der Waals surface area contributed by atoms with Crippen LogP contribution in [-0.4, -0.2) is 22.2 Å². The summed E-state index contributed by atoms with van der Waals surface area (Å²) in [5.41, 5.74) is 11.4. The highest BCUT2D eigenvalue weighted by molar-refractivity contribution is 5.86. The topological polar surface area (TPSA) is 77.8 Å². The molecule has 0 aliphatic carbocycles. The molecule has 5 nitrogen and oxygen atoms in total. The summed E-state index contributed by atoms with van der Waals surface area (Å²) in [4.78, 5) is 23.8. The van der Waals surface area contributed by atoms with Gasteiger partial charge in [-0.3, -0.25) is 0 Å². The van der Waals surface area contributed by atoms with E-state index in [0.717, 1.165) is 62.6 Å². The normalized spacial score (nSPS) is 11.6. The second-order valence-corrected chi connectivity index (χ2v) is 11.2. The number of benzene rings is 5. The number of nitrogens with zero attached hydrogens (tertiary/aromatic N) is 1. The lowest BCUT2D eigenvalue weighted by molar-refractivity contribution is -0.132. The summed E-state index contributed by atoms with van der Waals surface area (Å²) in [5, 5.41) is 17.7. The van der Waals surface area contributed by atoms with Crippen LogP contribution in [-0.2, 0) is 9.59 Å². The number of carboxylic acids is 2. The Morgan fingerprint density at radius 3 is 1.11 bits per heavy atom. The van der Waals surface area contributed by atoms with Crippen molar-refractivity contribution in [1.29, 1.82) is 0 Å². The van der Waals surface area contributed by atoms with Crippen LogP contribution >= 0.6 is 0 Å². The van der Waals surface area contributed by atoms with E-state index in [-0.39, 0.29) is 0 Å². The molecule has 0 spiro atoms. The van der Waals surface area contributed by atoms with Crippen molar-refractivity contribution < 1.29 is 19.8 Å². The van der Waals surface area contributed by atoms with Crippen LogP contribution in [0.5, 0.6) is 0 Å². The number of hydrogen-bond donors (Lipinski definition) is 2. The van der Waals surface area contributed by atoms with Gasteiger partial charge in [0.05, 0.1) is 0 Å². The zero-order chi connectivity index (χ0) is 33.2. The van der Waals surface area contributed by atoms with E-state index in [9.17, 15) is 9.59 Å². The van der Waals surface area contributed by atoms with Gasteiger partial charge in [0.1, 0.15) is 0 Å². The molecule has 0 aromatic heterocycles. The van der Waals surface area contributed by atoms with Crippen molar-refractivity contribution in [3.05, 3.63) is 172 Å². The van der Waals surface area contributed by atoms with E-state index in [0.29, 0.717) is 0 Å². The van der Waals surface area contributed by atoms with Crippen molar-refractivity contribution in [3.63, 3.8) is 0 Å². The highest BCUT2D eigenvalue weighted by Crippen LogP contribution is 2.37. The molecule has 0 aliphatic rings. The molecule has 0 unspecified atom stereocenters. The molecule has 0 fully saturated rings. The Morgan fingerprint density at radius 1 is 0.468 bits per heavy atom. The largest absolute Gasteiger partial charge is 0.478 e. The van der Waals surface area contributed by atoms with Gasteiger partial charge in [-0.25, -0.2) is 9.59 Å². The van der Waals surface area contributed by atoms with Gasteiger partial charge in [0.2, 0.25) is 0 Å². The minimum Gasteiger partial charge on any atom is -0.478 e. The summed E-state index contributed by atoms with van der Waals surface area (Å²) < 4.78 is 0. The van der Waals surface area contributed by atoms with Crippen LogP contribution in [0.2, 0.25) is 0 Å². The molecule has 5 aromatic carbocycles. The first kappa shape index (κ1) is 32.2. The number of carbonyl (C=O) groups is 2. The van der Waals surface area contributed by atoms with Crippen LogP contribution in [0.15, 0.2) is 127 Å². The van der Waals surface area contributed by atoms with E-state index < -0.39 is 11.9 Å². The Labute approximate surface area is 275 Å². The molecule has 232 valence electrons. The van der Waals surface area contributed by atoms with Gasteiger partial charge in [-0.2, -0.15) is 0 Å². The molecule has 0 bridgehead atoms. The number of aryl methyl sites for hydroxylation is 2. The van der Waals surface area contributed by atoms with Crippen LogP contribution in [0.4, 0.5) is 17.1 Å². The van der Waals surface area contributed by atoms with Crippen LogP contribution in [0.25, 0.3) is 36.5 Å². The molecule has 47 heavy (non-hydrogen) atoms. The molecule has 0 atom stereocenters. The first-order valence-electron chi connectivity index (χ1n) is 15.2. The molecule has 0 saturated carbocycles. The van der Waals surface area contributed by atoms with Crippen LogP contribution in [0.1, 0.15) is 44.5 Å². The quantitative estimate of drug-likeness (QED) is 0.114. The molecule has 0 radical (unpaired) electrons. The van der Waals surface area contributed by atoms with Gasteiger partial charge in [0.15, 0.2) is 0 Å². The summed E-state index contributed by atoms with van der Waals surface area (Å²) in [7, 11) is 0. The number of anilines is 3. The number of rotatable bonds is 11. The van der Waals surface area contributed by atoms with E-state index >= 15 is 0 Å². The Hall–Kier alpha value is -6.20. The third kappa shape index (κ3) is 9.16. The van der Waals surface area contributed by atoms with Crippen molar-refractivity contribution in [3.8, 4) is 0 Å². The van der Waals surface area contributed by atoms with Crippen LogP contribution < -0.4 is 4.90 Å². The lowest BCUT2D eigenvalue weighted by Crippen LogP contribution is -2.11. The van der Waals surface area contributed by atoms with Crippen LogP contribution in [0.3, 0.4) is 0 Å². The van der Waals surface area contributed by atoms with Crippen molar-refractivity contribution in [1.82, 2.24) is 0 Å². The maximum atomic E-state index is 10.8.